The second kappa shape index (κ2) is 6.54. The number of aromatic nitrogens is 2. The number of H-pyrrole nitrogens is 1. The number of rotatable bonds is 7. The lowest BCUT2D eigenvalue weighted by atomic mass is 10.1. The van der Waals surface area contributed by atoms with E-state index in [1.54, 1.807) is 0 Å². The molecular formula is C14H21N3O2. The number of furan rings is 1. The van der Waals surface area contributed by atoms with Gasteiger partial charge >= 0.3 is 0 Å². The highest BCUT2D eigenvalue weighted by molar-refractivity contribution is 5.56. The van der Waals surface area contributed by atoms with E-state index in [0.717, 1.165) is 42.2 Å². The third-order valence-corrected chi connectivity index (χ3v) is 3.14. The van der Waals surface area contributed by atoms with Gasteiger partial charge in [0.1, 0.15) is 11.5 Å². The summed E-state index contributed by atoms with van der Waals surface area (Å²) in [6.45, 7) is 5.02. The summed E-state index contributed by atoms with van der Waals surface area (Å²) >= 11 is 0. The minimum atomic E-state index is 0.245. The summed E-state index contributed by atoms with van der Waals surface area (Å²) in [6, 6.07) is 4.26. The molecule has 0 aliphatic heterocycles. The number of hydrogen-bond acceptors (Lipinski definition) is 4. The Hall–Kier alpha value is -1.59. The molecule has 2 heterocycles. The molecule has 0 spiro atoms. The Morgan fingerprint density at radius 2 is 2.32 bits per heavy atom. The highest BCUT2D eigenvalue weighted by Crippen LogP contribution is 2.23. The van der Waals surface area contributed by atoms with Crippen LogP contribution in [0.1, 0.15) is 31.1 Å². The number of hydrogen-bond donors (Lipinski definition) is 3. The zero-order chi connectivity index (χ0) is 13.7. The normalized spacial score (nSPS) is 12.8. The first-order chi connectivity index (χ1) is 9.20. The van der Waals surface area contributed by atoms with Gasteiger partial charge in [0, 0.05) is 24.8 Å². The molecule has 0 saturated carbocycles. The predicted octanol–water partition coefficient (Wildman–Crippen LogP) is 2.23. The zero-order valence-electron chi connectivity index (χ0n) is 11.4. The minimum absolute atomic E-state index is 0.245. The maximum Gasteiger partial charge on any atom is 0.152 e. The predicted molar refractivity (Wildman–Crippen MR) is 73.6 cm³/mol. The first-order valence-electron chi connectivity index (χ1n) is 6.64. The minimum Gasteiger partial charge on any atom is -0.460 e. The molecule has 0 aliphatic carbocycles. The summed E-state index contributed by atoms with van der Waals surface area (Å²) in [7, 11) is 0. The van der Waals surface area contributed by atoms with Crippen LogP contribution in [0, 0.1) is 6.92 Å². The lowest BCUT2D eigenvalue weighted by molar-refractivity contribution is 0.276. The van der Waals surface area contributed by atoms with E-state index in [0.29, 0.717) is 6.04 Å². The number of aliphatic hydroxyl groups is 1. The topological polar surface area (TPSA) is 74.1 Å². The Morgan fingerprint density at radius 1 is 1.47 bits per heavy atom. The molecule has 0 aromatic carbocycles. The van der Waals surface area contributed by atoms with Crippen molar-refractivity contribution in [2.75, 3.05) is 6.61 Å². The molecule has 0 bridgehead atoms. The molecule has 1 unspecified atom stereocenters. The van der Waals surface area contributed by atoms with Crippen molar-refractivity contribution < 1.29 is 9.52 Å². The first-order valence-corrected chi connectivity index (χ1v) is 6.64. The van der Waals surface area contributed by atoms with Gasteiger partial charge in [0.2, 0.25) is 0 Å². The van der Waals surface area contributed by atoms with Gasteiger partial charge in [0.25, 0.3) is 0 Å². The van der Waals surface area contributed by atoms with E-state index < -0.39 is 0 Å². The largest absolute Gasteiger partial charge is 0.460 e. The molecule has 1 atom stereocenters. The van der Waals surface area contributed by atoms with Crippen LogP contribution in [0.15, 0.2) is 22.7 Å². The van der Waals surface area contributed by atoms with Crippen LogP contribution < -0.4 is 5.32 Å². The standard InChI is InChI=1S/C14H21N3O2/c1-10(4-3-7-18)15-8-12-9-16-17-14(12)13-6-5-11(2)19-13/h5-6,9-10,15,18H,3-4,7-8H2,1-2H3,(H,16,17). The molecule has 0 saturated heterocycles. The Labute approximate surface area is 113 Å². The van der Waals surface area contributed by atoms with Crippen molar-refractivity contribution in [3.8, 4) is 11.5 Å². The molecule has 0 radical (unpaired) electrons. The summed E-state index contributed by atoms with van der Waals surface area (Å²) in [6.07, 6.45) is 3.60. The SMILES string of the molecule is Cc1ccc(-c2[nH]ncc2CNC(C)CCCO)o1. The van der Waals surface area contributed by atoms with Crippen LogP contribution in [0.3, 0.4) is 0 Å². The molecule has 3 N–H and O–H groups in total. The van der Waals surface area contributed by atoms with Crippen molar-refractivity contribution >= 4 is 0 Å². The molecule has 0 fully saturated rings. The lowest BCUT2D eigenvalue weighted by Gasteiger charge is -2.12. The maximum atomic E-state index is 8.81. The van der Waals surface area contributed by atoms with E-state index in [1.165, 1.54) is 0 Å². The first kappa shape index (κ1) is 13.8. The van der Waals surface area contributed by atoms with E-state index in [4.69, 9.17) is 9.52 Å². The molecule has 2 rings (SSSR count). The monoisotopic (exact) mass is 263 g/mol. The van der Waals surface area contributed by atoms with Gasteiger partial charge in [-0.05, 0) is 38.8 Å². The van der Waals surface area contributed by atoms with Gasteiger partial charge in [-0.2, -0.15) is 5.10 Å². The van der Waals surface area contributed by atoms with Gasteiger partial charge in [-0.25, -0.2) is 0 Å². The van der Waals surface area contributed by atoms with Gasteiger partial charge < -0.3 is 14.8 Å². The fraction of sp³-hybridized carbons (Fsp3) is 0.500. The van der Waals surface area contributed by atoms with Gasteiger partial charge in [0.05, 0.1) is 6.20 Å². The van der Waals surface area contributed by atoms with E-state index in [9.17, 15) is 0 Å². The van der Waals surface area contributed by atoms with Crippen LogP contribution in [0.5, 0.6) is 0 Å². The van der Waals surface area contributed by atoms with Crippen LogP contribution in [-0.2, 0) is 6.54 Å². The van der Waals surface area contributed by atoms with Crippen molar-refractivity contribution in [2.45, 2.75) is 39.3 Å². The molecule has 104 valence electrons. The van der Waals surface area contributed by atoms with E-state index in [-0.39, 0.29) is 6.61 Å². The van der Waals surface area contributed by atoms with Crippen LogP contribution in [0.4, 0.5) is 0 Å². The average molecular weight is 263 g/mol. The smallest absolute Gasteiger partial charge is 0.152 e. The summed E-state index contributed by atoms with van der Waals surface area (Å²) in [5, 5.41) is 19.3. The fourth-order valence-electron chi connectivity index (χ4n) is 2.01. The third kappa shape index (κ3) is 3.68. The molecule has 0 aliphatic rings. The van der Waals surface area contributed by atoms with Crippen LogP contribution in [0.2, 0.25) is 0 Å². The molecule has 2 aromatic heterocycles. The number of nitrogens with zero attached hydrogens (tertiary/aromatic N) is 1. The number of aliphatic hydroxyl groups excluding tert-OH is 1. The quantitative estimate of drug-likeness (QED) is 0.716. The third-order valence-electron chi connectivity index (χ3n) is 3.14. The summed E-state index contributed by atoms with van der Waals surface area (Å²) in [5.41, 5.74) is 2.01. The van der Waals surface area contributed by atoms with Crippen molar-refractivity contribution in [1.82, 2.24) is 15.5 Å². The highest BCUT2D eigenvalue weighted by Gasteiger charge is 2.11. The summed E-state index contributed by atoms with van der Waals surface area (Å²) < 4.78 is 5.61. The second-order valence-electron chi connectivity index (χ2n) is 4.83. The lowest BCUT2D eigenvalue weighted by Crippen LogP contribution is -2.25. The van der Waals surface area contributed by atoms with E-state index in [1.807, 2.05) is 25.3 Å². The van der Waals surface area contributed by atoms with Crippen LogP contribution in [0.25, 0.3) is 11.5 Å². The maximum absolute atomic E-state index is 8.81. The summed E-state index contributed by atoms with van der Waals surface area (Å²) in [4.78, 5) is 0. The Bertz CT molecular complexity index is 504. The molecule has 0 amide bonds. The van der Waals surface area contributed by atoms with Crippen molar-refractivity contribution in [2.24, 2.45) is 0 Å². The Morgan fingerprint density at radius 3 is 3.00 bits per heavy atom. The van der Waals surface area contributed by atoms with Gasteiger partial charge in [-0.3, -0.25) is 5.10 Å². The van der Waals surface area contributed by atoms with Crippen LogP contribution in [-0.4, -0.2) is 28.0 Å². The molecule has 19 heavy (non-hydrogen) atoms. The van der Waals surface area contributed by atoms with Gasteiger partial charge in [0.15, 0.2) is 5.76 Å². The number of aryl methyl sites for hydroxylation is 1. The Kier molecular flexibility index (Phi) is 4.76. The number of nitrogens with one attached hydrogen (secondary N) is 2. The molecule has 5 heteroatoms. The molecule has 5 nitrogen and oxygen atoms in total. The highest BCUT2D eigenvalue weighted by atomic mass is 16.3. The van der Waals surface area contributed by atoms with E-state index in [2.05, 4.69) is 22.4 Å². The molecule has 2 aromatic rings. The van der Waals surface area contributed by atoms with Gasteiger partial charge in [-0.15, -0.1) is 0 Å². The van der Waals surface area contributed by atoms with Gasteiger partial charge in [-0.1, -0.05) is 0 Å². The Balaban J connectivity index is 1.96. The van der Waals surface area contributed by atoms with Crippen molar-refractivity contribution in [3.05, 3.63) is 29.7 Å². The molecular weight excluding hydrogens is 242 g/mol. The second-order valence-corrected chi connectivity index (χ2v) is 4.83. The summed E-state index contributed by atoms with van der Waals surface area (Å²) in [5.74, 6) is 1.70. The zero-order valence-corrected chi connectivity index (χ0v) is 11.4. The van der Waals surface area contributed by atoms with Crippen molar-refractivity contribution in [3.63, 3.8) is 0 Å². The van der Waals surface area contributed by atoms with Crippen molar-refractivity contribution in [1.29, 1.82) is 0 Å². The van der Waals surface area contributed by atoms with E-state index >= 15 is 0 Å². The number of aromatic amines is 1. The average Bonchev–Trinajstić information content (AvgIpc) is 3.02. The fourth-order valence-corrected chi connectivity index (χ4v) is 2.01. The van der Waals surface area contributed by atoms with Crippen LogP contribution >= 0.6 is 0 Å².